The molecule has 0 spiro atoms. The summed E-state index contributed by atoms with van der Waals surface area (Å²) >= 11 is 0. The summed E-state index contributed by atoms with van der Waals surface area (Å²) in [5.74, 6) is 2.53. The van der Waals surface area contributed by atoms with E-state index in [9.17, 15) is 4.79 Å². The zero-order valence-electron chi connectivity index (χ0n) is 11.5. The van der Waals surface area contributed by atoms with Gasteiger partial charge < -0.3 is 5.11 Å². The highest BCUT2D eigenvalue weighted by molar-refractivity contribution is 5.78. The number of hydrogen-bond acceptors (Lipinski definition) is 2. The predicted molar refractivity (Wildman–Crippen MR) is 70.8 cm³/mol. The highest BCUT2D eigenvalue weighted by Crippen LogP contribution is 2.29. The maximum atomic E-state index is 10.9. The third-order valence-electron chi connectivity index (χ3n) is 4.35. The summed E-state index contributed by atoms with van der Waals surface area (Å²) in [6.07, 6.45) is 9.94. The number of carbonyl (C=O) groups excluding carboxylic acids is 1. The Morgan fingerprint density at radius 2 is 1.71 bits per heavy atom. The first-order chi connectivity index (χ1) is 8.13. The molecule has 17 heavy (non-hydrogen) atoms. The summed E-state index contributed by atoms with van der Waals surface area (Å²) in [7, 11) is 0. The van der Waals surface area contributed by atoms with Gasteiger partial charge in [-0.3, -0.25) is 4.79 Å². The summed E-state index contributed by atoms with van der Waals surface area (Å²) in [5, 5.41) is 8.40. The number of aliphatic hydroxyl groups excluding tert-OH is 1. The smallest absolute Gasteiger partial charge is 0.132 e. The number of aliphatic hydroxyl groups is 1. The standard InChI is InChI=1S/C9H16O.C6H12O/c1-7-3-5-9(6-4-7)8(2)10;7-5-4-6-2-1-3-6/h7,9H,3-6H2,1-2H3;6-7H,1-5H2. The van der Waals surface area contributed by atoms with Crippen molar-refractivity contribution in [3.05, 3.63) is 0 Å². The Balaban J connectivity index is 0.000000181. The van der Waals surface area contributed by atoms with Crippen LogP contribution in [0, 0.1) is 17.8 Å². The molecule has 0 bridgehead atoms. The Morgan fingerprint density at radius 3 is 2.00 bits per heavy atom. The average Bonchev–Trinajstić information content (AvgIpc) is 2.25. The van der Waals surface area contributed by atoms with Gasteiger partial charge in [0.2, 0.25) is 0 Å². The van der Waals surface area contributed by atoms with Crippen molar-refractivity contribution >= 4 is 5.78 Å². The Bertz CT molecular complexity index is 213. The second-order valence-electron chi connectivity index (χ2n) is 5.88. The molecule has 2 aliphatic rings. The first-order valence-corrected chi connectivity index (χ1v) is 7.24. The van der Waals surface area contributed by atoms with Gasteiger partial charge in [-0.25, -0.2) is 0 Å². The average molecular weight is 240 g/mol. The predicted octanol–water partition coefficient (Wildman–Crippen LogP) is 3.57. The molecule has 2 nitrogen and oxygen atoms in total. The Kier molecular flexibility index (Phi) is 6.79. The molecule has 2 heteroatoms. The van der Waals surface area contributed by atoms with Crippen LogP contribution in [-0.2, 0) is 4.79 Å². The molecule has 0 aromatic heterocycles. The summed E-state index contributed by atoms with van der Waals surface area (Å²) in [4.78, 5) is 10.9. The van der Waals surface area contributed by atoms with Gasteiger partial charge in [0.05, 0.1) is 0 Å². The van der Waals surface area contributed by atoms with E-state index in [4.69, 9.17) is 5.11 Å². The molecule has 0 atom stereocenters. The molecule has 2 saturated carbocycles. The van der Waals surface area contributed by atoms with Crippen LogP contribution in [0.25, 0.3) is 0 Å². The van der Waals surface area contributed by atoms with Crippen LogP contribution < -0.4 is 0 Å². The Hall–Kier alpha value is -0.370. The largest absolute Gasteiger partial charge is 0.396 e. The topological polar surface area (TPSA) is 37.3 Å². The molecule has 2 aliphatic carbocycles. The lowest BCUT2D eigenvalue weighted by Crippen LogP contribution is -2.18. The van der Waals surface area contributed by atoms with Gasteiger partial charge in [0.15, 0.2) is 0 Å². The van der Waals surface area contributed by atoms with Crippen molar-refractivity contribution in [2.45, 2.75) is 65.2 Å². The van der Waals surface area contributed by atoms with Crippen LogP contribution in [0.5, 0.6) is 0 Å². The van der Waals surface area contributed by atoms with Crippen molar-refractivity contribution in [1.29, 1.82) is 0 Å². The van der Waals surface area contributed by atoms with E-state index in [1.807, 2.05) is 0 Å². The minimum Gasteiger partial charge on any atom is -0.396 e. The van der Waals surface area contributed by atoms with Gasteiger partial charge in [-0.05, 0) is 38.0 Å². The second kappa shape index (κ2) is 7.86. The van der Waals surface area contributed by atoms with Crippen LogP contribution in [0.4, 0.5) is 0 Å². The van der Waals surface area contributed by atoms with Gasteiger partial charge >= 0.3 is 0 Å². The summed E-state index contributed by atoms with van der Waals surface area (Å²) < 4.78 is 0. The zero-order valence-corrected chi connectivity index (χ0v) is 11.5. The van der Waals surface area contributed by atoms with Crippen molar-refractivity contribution in [3.63, 3.8) is 0 Å². The van der Waals surface area contributed by atoms with E-state index in [1.54, 1.807) is 6.92 Å². The van der Waals surface area contributed by atoms with Gasteiger partial charge in [-0.2, -0.15) is 0 Å². The SMILES string of the molecule is CC(=O)C1CCC(C)CC1.OCCC1CCC1. The lowest BCUT2D eigenvalue weighted by Gasteiger charge is -2.23. The summed E-state index contributed by atoms with van der Waals surface area (Å²) in [6.45, 7) is 4.39. The molecular weight excluding hydrogens is 212 g/mol. The minimum absolute atomic E-state index is 0.394. The van der Waals surface area contributed by atoms with E-state index >= 15 is 0 Å². The van der Waals surface area contributed by atoms with E-state index in [-0.39, 0.29) is 0 Å². The Morgan fingerprint density at radius 1 is 1.12 bits per heavy atom. The van der Waals surface area contributed by atoms with Crippen LogP contribution in [0.2, 0.25) is 0 Å². The van der Waals surface area contributed by atoms with Crippen LogP contribution in [0.1, 0.15) is 65.2 Å². The van der Waals surface area contributed by atoms with Crippen LogP contribution in [0.15, 0.2) is 0 Å². The Labute approximate surface area is 106 Å². The lowest BCUT2D eigenvalue weighted by atomic mass is 9.81. The van der Waals surface area contributed by atoms with E-state index < -0.39 is 0 Å². The minimum atomic E-state index is 0.394. The monoisotopic (exact) mass is 240 g/mol. The van der Waals surface area contributed by atoms with Gasteiger partial charge in [-0.1, -0.05) is 39.0 Å². The molecule has 0 radical (unpaired) electrons. The number of ketones is 1. The maximum Gasteiger partial charge on any atom is 0.132 e. The highest BCUT2D eigenvalue weighted by atomic mass is 16.3. The number of Topliss-reactive ketones (excluding diaryl/α,β-unsaturated/α-hetero) is 1. The molecule has 0 amide bonds. The highest BCUT2D eigenvalue weighted by Gasteiger charge is 2.20. The zero-order chi connectivity index (χ0) is 12.7. The fourth-order valence-electron chi connectivity index (χ4n) is 2.63. The molecule has 0 unspecified atom stereocenters. The van der Waals surface area contributed by atoms with Crippen LogP contribution >= 0.6 is 0 Å². The lowest BCUT2D eigenvalue weighted by molar-refractivity contribution is -0.121. The third-order valence-corrected chi connectivity index (χ3v) is 4.35. The van der Waals surface area contributed by atoms with E-state index in [0.29, 0.717) is 18.3 Å². The molecule has 0 aromatic rings. The quantitative estimate of drug-likeness (QED) is 0.819. The molecule has 0 saturated heterocycles. The third kappa shape index (κ3) is 5.67. The van der Waals surface area contributed by atoms with Gasteiger partial charge in [0.1, 0.15) is 5.78 Å². The van der Waals surface area contributed by atoms with Gasteiger partial charge in [0, 0.05) is 12.5 Å². The number of rotatable bonds is 3. The second-order valence-corrected chi connectivity index (χ2v) is 5.88. The van der Waals surface area contributed by atoms with Crippen molar-refractivity contribution in [3.8, 4) is 0 Å². The molecule has 0 aliphatic heterocycles. The number of hydrogen-bond donors (Lipinski definition) is 1. The molecule has 2 fully saturated rings. The van der Waals surface area contributed by atoms with Crippen molar-refractivity contribution < 1.29 is 9.90 Å². The van der Waals surface area contributed by atoms with Gasteiger partial charge in [0.25, 0.3) is 0 Å². The molecule has 100 valence electrons. The molecule has 0 heterocycles. The fraction of sp³-hybridized carbons (Fsp3) is 0.933. The summed E-state index contributed by atoms with van der Waals surface area (Å²) in [5.41, 5.74) is 0. The van der Waals surface area contributed by atoms with Crippen molar-refractivity contribution in [2.24, 2.45) is 17.8 Å². The van der Waals surface area contributed by atoms with E-state index in [0.717, 1.165) is 31.1 Å². The molecule has 0 aromatic carbocycles. The fourth-order valence-corrected chi connectivity index (χ4v) is 2.63. The van der Waals surface area contributed by atoms with Crippen molar-refractivity contribution in [1.82, 2.24) is 0 Å². The maximum absolute atomic E-state index is 10.9. The van der Waals surface area contributed by atoms with Crippen LogP contribution in [0.3, 0.4) is 0 Å². The molecule has 1 N–H and O–H groups in total. The first-order valence-electron chi connectivity index (χ1n) is 7.24. The van der Waals surface area contributed by atoms with E-state index in [2.05, 4.69) is 6.92 Å². The number of carbonyl (C=O) groups is 1. The summed E-state index contributed by atoms with van der Waals surface area (Å²) in [6, 6.07) is 0. The van der Waals surface area contributed by atoms with Gasteiger partial charge in [-0.15, -0.1) is 0 Å². The first kappa shape index (κ1) is 14.7. The molecule has 2 rings (SSSR count). The molecular formula is C15H28O2. The normalized spacial score (nSPS) is 28.9. The van der Waals surface area contributed by atoms with E-state index in [1.165, 1.54) is 32.1 Å². The van der Waals surface area contributed by atoms with Crippen molar-refractivity contribution in [2.75, 3.05) is 6.61 Å². The van der Waals surface area contributed by atoms with Crippen LogP contribution in [-0.4, -0.2) is 17.5 Å².